The van der Waals surface area contributed by atoms with Gasteiger partial charge in [-0.25, -0.2) is 0 Å². The van der Waals surface area contributed by atoms with Gasteiger partial charge in [0.15, 0.2) is 5.78 Å². The minimum atomic E-state index is -1.44. The third kappa shape index (κ3) is 9.54. The Morgan fingerprint density at radius 2 is 1.34 bits per heavy atom. The van der Waals surface area contributed by atoms with Gasteiger partial charge in [-0.15, -0.1) is 0 Å². The summed E-state index contributed by atoms with van der Waals surface area (Å²) in [5.74, 6) is -1.21. The minimum absolute atomic E-state index is 0.0201. The standard InChI is InChI=1S/C38H58N4O7S/c1-20(2)13-26(17-43)40-34(46)29(14-21(3)4)41-35(47)30(15-22(5)6)42-36(48)31(39-25(9)44)19-50-18-28-23(7)16-27-32(28)24(8)38(11-12-38)37(10,49)33(27)45/h16-17,20-22,26,29-31,49H,11-15,18-19H2,1-10H3,(H,39,44)(H,40,46)(H,41,47)(H,42,48)/t26-,29+,30-,31-,37-/m0/s1. The van der Waals surface area contributed by atoms with Gasteiger partial charge in [-0.1, -0.05) is 47.1 Å². The number of thioether (sulfide) groups is 1. The van der Waals surface area contributed by atoms with Crippen LogP contribution < -0.4 is 21.3 Å². The lowest BCUT2D eigenvalue weighted by Crippen LogP contribution is -2.58. The fourth-order valence-corrected chi connectivity index (χ4v) is 8.36. The first-order chi connectivity index (χ1) is 23.2. The quantitative estimate of drug-likeness (QED) is 0.134. The first-order valence-corrected chi connectivity index (χ1v) is 19.0. The van der Waals surface area contributed by atoms with E-state index in [0.717, 1.165) is 35.1 Å². The lowest BCUT2D eigenvalue weighted by Gasteiger charge is -2.39. The Hall–Kier alpha value is -3.25. The SMILES string of the molecule is CC(=O)N[C@@H](CSCC1=C(C)C=C2C(=O)[C@](C)(O)C3(CC3)C(C)=C21)C(=O)N[C@@H](CC(C)C)C(=O)N[C@H](CC(C)C)C(=O)N[C@H](C=O)CC(C)C. The number of rotatable bonds is 18. The summed E-state index contributed by atoms with van der Waals surface area (Å²) in [5, 5.41) is 22.3. The third-order valence-corrected chi connectivity index (χ3v) is 11.1. The van der Waals surface area contributed by atoms with Crippen molar-refractivity contribution in [2.75, 3.05) is 11.5 Å². The zero-order valence-corrected chi connectivity index (χ0v) is 32.3. The molecular weight excluding hydrogens is 657 g/mol. The molecule has 0 heterocycles. The summed E-state index contributed by atoms with van der Waals surface area (Å²) >= 11 is 1.44. The van der Waals surface area contributed by atoms with E-state index < -0.39 is 58.8 Å². The van der Waals surface area contributed by atoms with Crippen LogP contribution in [0.3, 0.4) is 0 Å². The Bertz CT molecular complexity index is 1450. The second-order valence-electron chi connectivity index (χ2n) is 15.7. The first kappa shape index (κ1) is 41.2. The highest BCUT2D eigenvalue weighted by atomic mass is 32.2. The summed E-state index contributed by atoms with van der Waals surface area (Å²) in [6, 6.07) is -3.51. The van der Waals surface area contributed by atoms with Crippen LogP contribution in [-0.4, -0.2) is 82.1 Å². The number of ketones is 1. The largest absolute Gasteiger partial charge is 0.381 e. The molecule has 278 valence electrons. The Balaban J connectivity index is 1.74. The summed E-state index contributed by atoms with van der Waals surface area (Å²) in [5.41, 5.74) is 2.38. The highest BCUT2D eigenvalue weighted by Crippen LogP contribution is 2.65. The molecule has 5 atom stereocenters. The van der Waals surface area contributed by atoms with E-state index >= 15 is 0 Å². The molecule has 3 aliphatic rings. The van der Waals surface area contributed by atoms with E-state index in [1.54, 1.807) is 6.92 Å². The minimum Gasteiger partial charge on any atom is -0.381 e. The number of allylic oxidation sites excluding steroid dienone is 3. The van der Waals surface area contributed by atoms with Crippen molar-refractivity contribution in [3.63, 3.8) is 0 Å². The molecule has 0 aliphatic heterocycles. The number of hydrogen-bond acceptors (Lipinski definition) is 8. The van der Waals surface area contributed by atoms with Gasteiger partial charge in [-0.3, -0.25) is 24.0 Å². The fourth-order valence-electron chi connectivity index (χ4n) is 7.20. The predicted molar refractivity (Wildman–Crippen MR) is 196 cm³/mol. The van der Waals surface area contributed by atoms with Gasteiger partial charge in [-0.05, 0) is 93.4 Å². The molecule has 4 amide bonds. The van der Waals surface area contributed by atoms with Gasteiger partial charge in [0, 0.05) is 29.4 Å². The molecule has 0 aromatic heterocycles. The molecule has 0 unspecified atom stereocenters. The lowest BCUT2D eigenvalue weighted by molar-refractivity contribution is -0.137. The number of aliphatic hydroxyl groups is 1. The zero-order valence-electron chi connectivity index (χ0n) is 31.5. The van der Waals surface area contributed by atoms with Crippen molar-refractivity contribution >= 4 is 47.5 Å². The van der Waals surface area contributed by atoms with Crippen molar-refractivity contribution in [1.29, 1.82) is 0 Å². The summed E-state index contributed by atoms with van der Waals surface area (Å²) in [6.45, 7) is 18.5. The highest BCUT2D eigenvalue weighted by Gasteiger charge is 2.65. The summed E-state index contributed by atoms with van der Waals surface area (Å²) in [4.78, 5) is 77.8. The van der Waals surface area contributed by atoms with Crippen LogP contribution in [0.5, 0.6) is 0 Å². The van der Waals surface area contributed by atoms with Crippen LogP contribution in [0.2, 0.25) is 0 Å². The van der Waals surface area contributed by atoms with Crippen LogP contribution in [0.25, 0.3) is 0 Å². The van der Waals surface area contributed by atoms with E-state index in [1.807, 2.05) is 61.5 Å². The smallest absolute Gasteiger partial charge is 0.244 e. The van der Waals surface area contributed by atoms with Gasteiger partial charge in [0.25, 0.3) is 0 Å². The van der Waals surface area contributed by atoms with E-state index in [-0.39, 0.29) is 29.3 Å². The molecule has 0 aromatic rings. The van der Waals surface area contributed by atoms with Crippen LogP contribution in [-0.2, 0) is 28.8 Å². The van der Waals surface area contributed by atoms with Crippen LogP contribution in [0.1, 0.15) is 101 Å². The van der Waals surface area contributed by atoms with Crippen molar-refractivity contribution in [3.05, 3.63) is 33.9 Å². The van der Waals surface area contributed by atoms with E-state index in [0.29, 0.717) is 36.9 Å². The van der Waals surface area contributed by atoms with Gasteiger partial charge in [0.1, 0.15) is 30.0 Å². The molecule has 11 nitrogen and oxygen atoms in total. The van der Waals surface area contributed by atoms with Crippen LogP contribution >= 0.6 is 11.8 Å². The number of aldehydes is 1. The van der Waals surface area contributed by atoms with Crippen LogP contribution in [0.15, 0.2) is 33.9 Å². The summed E-state index contributed by atoms with van der Waals surface area (Å²) in [7, 11) is 0. The van der Waals surface area contributed by atoms with Crippen molar-refractivity contribution < 1.29 is 33.9 Å². The van der Waals surface area contributed by atoms with E-state index in [2.05, 4.69) is 21.3 Å². The normalized spacial score (nSPS) is 21.9. The molecule has 5 N–H and O–H groups in total. The van der Waals surface area contributed by atoms with Crippen LogP contribution in [0.4, 0.5) is 0 Å². The second kappa shape index (κ2) is 16.8. The molecule has 0 radical (unpaired) electrons. The topological polar surface area (TPSA) is 171 Å². The number of Topliss-reactive ketones (excluding diaryl/α,β-unsaturated/α-hetero) is 1. The van der Waals surface area contributed by atoms with Crippen molar-refractivity contribution in [2.24, 2.45) is 23.2 Å². The molecule has 0 bridgehead atoms. The molecule has 0 aromatic carbocycles. The number of carbonyl (C=O) groups excluding carboxylic acids is 6. The van der Waals surface area contributed by atoms with Gasteiger partial charge < -0.3 is 31.2 Å². The Labute approximate surface area is 301 Å². The van der Waals surface area contributed by atoms with E-state index in [4.69, 9.17) is 0 Å². The van der Waals surface area contributed by atoms with Crippen LogP contribution in [0, 0.1) is 23.2 Å². The lowest BCUT2D eigenvalue weighted by atomic mass is 9.67. The Morgan fingerprint density at radius 1 is 0.840 bits per heavy atom. The maximum Gasteiger partial charge on any atom is 0.244 e. The highest BCUT2D eigenvalue weighted by molar-refractivity contribution is 7.99. The Kier molecular flexibility index (Phi) is 13.9. The molecule has 0 saturated heterocycles. The number of amides is 4. The molecule has 3 aliphatic carbocycles. The number of fused-ring (bicyclic) bond motifs is 1. The zero-order chi connectivity index (χ0) is 37.7. The molecule has 3 rings (SSSR count). The number of hydrogen-bond donors (Lipinski definition) is 5. The van der Waals surface area contributed by atoms with Gasteiger partial charge in [0.05, 0.1) is 6.04 Å². The average molecular weight is 715 g/mol. The predicted octanol–water partition coefficient (Wildman–Crippen LogP) is 3.70. The van der Waals surface area contributed by atoms with Crippen molar-refractivity contribution in [2.45, 2.75) is 131 Å². The van der Waals surface area contributed by atoms with E-state index in [9.17, 15) is 33.9 Å². The first-order valence-electron chi connectivity index (χ1n) is 17.9. The third-order valence-electron chi connectivity index (χ3n) is 9.99. The molecule has 1 spiro atoms. The van der Waals surface area contributed by atoms with Gasteiger partial charge in [-0.2, -0.15) is 11.8 Å². The monoisotopic (exact) mass is 714 g/mol. The number of carbonyl (C=O) groups is 6. The summed E-state index contributed by atoms with van der Waals surface area (Å²) in [6.07, 6.45) is 5.15. The van der Waals surface area contributed by atoms with Crippen molar-refractivity contribution in [1.82, 2.24) is 21.3 Å². The average Bonchev–Trinajstić information content (AvgIpc) is 3.76. The number of nitrogens with one attached hydrogen (secondary N) is 4. The molecule has 50 heavy (non-hydrogen) atoms. The van der Waals surface area contributed by atoms with Crippen molar-refractivity contribution in [3.8, 4) is 0 Å². The Morgan fingerprint density at radius 3 is 1.80 bits per heavy atom. The van der Waals surface area contributed by atoms with E-state index in [1.165, 1.54) is 18.7 Å². The van der Waals surface area contributed by atoms with Gasteiger partial charge >= 0.3 is 0 Å². The molecule has 12 heteroatoms. The summed E-state index contributed by atoms with van der Waals surface area (Å²) < 4.78 is 0. The molecule has 1 fully saturated rings. The second-order valence-corrected chi connectivity index (χ2v) is 16.8. The molecular formula is C38H58N4O7S. The maximum atomic E-state index is 13.7. The molecule has 1 saturated carbocycles. The van der Waals surface area contributed by atoms with Gasteiger partial charge in [0.2, 0.25) is 23.6 Å². The fraction of sp³-hybridized carbons (Fsp3) is 0.684. The maximum absolute atomic E-state index is 13.7.